The van der Waals surface area contributed by atoms with Crippen LogP contribution in [0.5, 0.6) is 11.5 Å². The number of nitrogens with two attached hydrogens (primary N) is 2. The predicted octanol–water partition coefficient (Wildman–Crippen LogP) is 2.94. The third-order valence-corrected chi connectivity index (χ3v) is 3.06. The molecule has 0 amide bonds. The molecule has 5 heteroatoms. The van der Waals surface area contributed by atoms with Crippen LogP contribution in [0.2, 0.25) is 0 Å². The van der Waals surface area contributed by atoms with Crippen molar-refractivity contribution in [3.8, 4) is 11.5 Å². The monoisotopic (exact) mass is 295 g/mol. The minimum Gasteiger partial charge on any atom is -0.456 e. The summed E-state index contributed by atoms with van der Waals surface area (Å²) in [5.41, 5.74) is 12.7. The van der Waals surface area contributed by atoms with E-state index in [-0.39, 0.29) is 0 Å². The van der Waals surface area contributed by atoms with Crippen molar-refractivity contribution in [3.63, 3.8) is 0 Å². The Morgan fingerprint density at radius 2 is 1.41 bits per heavy atom. The lowest BCUT2D eigenvalue weighted by Gasteiger charge is -2.23. The second-order valence-electron chi connectivity index (χ2n) is 4.86. The van der Waals surface area contributed by atoms with Crippen molar-refractivity contribution in [2.24, 2.45) is 0 Å². The second kappa shape index (κ2) is 6.13. The van der Waals surface area contributed by atoms with Gasteiger partial charge in [0.15, 0.2) is 5.75 Å². The van der Waals surface area contributed by atoms with Gasteiger partial charge in [0.25, 0.3) is 0 Å². The molecule has 2 aromatic carbocycles. The van der Waals surface area contributed by atoms with Crippen LogP contribution in [-0.2, 0) is 0 Å². The van der Waals surface area contributed by atoms with E-state index in [1.807, 2.05) is 36.4 Å². The molecule has 0 spiro atoms. The maximum atomic E-state index is 5.77. The van der Waals surface area contributed by atoms with Crippen molar-refractivity contribution in [2.45, 2.75) is 0 Å². The summed E-state index contributed by atoms with van der Waals surface area (Å²) in [6.45, 7) is 0.638. The minimum absolute atomic E-state index is 0.638. The van der Waals surface area contributed by atoms with E-state index in [0.717, 1.165) is 5.75 Å². The highest BCUT2D eigenvalue weighted by atomic mass is 16.7. The van der Waals surface area contributed by atoms with Gasteiger partial charge in [-0.3, -0.25) is 0 Å². The molecule has 0 aromatic heterocycles. The van der Waals surface area contributed by atoms with Crippen molar-refractivity contribution in [2.75, 3.05) is 18.0 Å². The standard InChI is InChI=1S/C17H17N3O2/c18-13-3-7-15(8-4-13)21-17-2-1-11-20(12-17)22-16-9-5-14(19)6-10-16/h1-10,12H,11,18-19H2. The molecule has 3 rings (SSSR count). The number of hydrogen-bond acceptors (Lipinski definition) is 5. The zero-order valence-corrected chi connectivity index (χ0v) is 12.0. The summed E-state index contributed by atoms with van der Waals surface area (Å²) in [6, 6.07) is 14.5. The van der Waals surface area contributed by atoms with Gasteiger partial charge in [0, 0.05) is 11.4 Å². The van der Waals surface area contributed by atoms with Crippen molar-refractivity contribution < 1.29 is 9.57 Å². The molecule has 0 bridgehead atoms. The minimum atomic E-state index is 0.638. The number of ether oxygens (including phenoxy) is 1. The SMILES string of the molecule is Nc1ccc(OC2=CN(Oc3ccc(N)cc3)CC=C2)cc1. The molecule has 1 heterocycles. The summed E-state index contributed by atoms with van der Waals surface area (Å²) in [4.78, 5) is 5.75. The first-order valence-corrected chi connectivity index (χ1v) is 6.91. The molecule has 2 aromatic rings. The molecule has 112 valence electrons. The van der Waals surface area contributed by atoms with Crippen LogP contribution in [0.25, 0.3) is 0 Å². The smallest absolute Gasteiger partial charge is 0.155 e. The quantitative estimate of drug-likeness (QED) is 0.848. The zero-order chi connectivity index (χ0) is 15.4. The number of benzene rings is 2. The number of anilines is 2. The van der Waals surface area contributed by atoms with Crippen LogP contribution in [0.1, 0.15) is 0 Å². The van der Waals surface area contributed by atoms with Gasteiger partial charge >= 0.3 is 0 Å². The van der Waals surface area contributed by atoms with Gasteiger partial charge in [0.05, 0.1) is 12.7 Å². The van der Waals surface area contributed by atoms with Crippen molar-refractivity contribution in [1.82, 2.24) is 5.06 Å². The van der Waals surface area contributed by atoms with Gasteiger partial charge < -0.3 is 21.0 Å². The highest BCUT2D eigenvalue weighted by molar-refractivity contribution is 5.43. The highest BCUT2D eigenvalue weighted by Crippen LogP contribution is 2.20. The Morgan fingerprint density at radius 1 is 0.818 bits per heavy atom. The topological polar surface area (TPSA) is 73.7 Å². The fourth-order valence-corrected chi connectivity index (χ4v) is 1.97. The number of hydrogen-bond donors (Lipinski definition) is 2. The van der Waals surface area contributed by atoms with Gasteiger partial charge in [-0.2, -0.15) is 0 Å². The Kier molecular flexibility index (Phi) is 3.87. The second-order valence-corrected chi connectivity index (χ2v) is 4.86. The first-order chi connectivity index (χ1) is 10.7. The number of hydroxylamine groups is 2. The van der Waals surface area contributed by atoms with Crippen LogP contribution in [0.4, 0.5) is 11.4 Å². The highest BCUT2D eigenvalue weighted by Gasteiger charge is 2.09. The summed E-state index contributed by atoms with van der Waals surface area (Å²) in [6.07, 6.45) is 5.66. The number of nitrogen functional groups attached to an aromatic ring is 2. The fourth-order valence-electron chi connectivity index (χ4n) is 1.97. The molecule has 0 aliphatic carbocycles. The molecule has 0 saturated heterocycles. The summed E-state index contributed by atoms with van der Waals surface area (Å²) >= 11 is 0. The van der Waals surface area contributed by atoms with Gasteiger partial charge in [0.2, 0.25) is 0 Å². The van der Waals surface area contributed by atoms with E-state index in [1.165, 1.54) is 0 Å². The summed E-state index contributed by atoms with van der Waals surface area (Å²) in [7, 11) is 0. The first kappa shape index (κ1) is 13.9. The Balaban J connectivity index is 1.67. The van der Waals surface area contributed by atoms with Gasteiger partial charge in [-0.05, 0) is 54.6 Å². The summed E-state index contributed by atoms with van der Waals surface area (Å²) in [5, 5.41) is 1.69. The van der Waals surface area contributed by atoms with Crippen LogP contribution in [0.15, 0.2) is 72.6 Å². The third-order valence-electron chi connectivity index (χ3n) is 3.06. The molecule has 0 radical (unpaired) electrons. The van der Waals surface area contributed by atoms with Crippen LogP contribution in [0, 0.1) is 0 Å². The molecule has 0 unspecified atom stereocenters. The predicted molar refractivity (Wildman–Crippen MR) is 86.9 cm³/mol. The van der Waals surface area contributed by atoms with Gasteiger partial charge in [-0.15, -0.1) is 0 Å². The summed E-state index contributed by atoms with van der Waals surface area (Å²) < 4.78 is 5.77. The Hall–Kier alpha value is -3.08. The molecule has 0 atom stereocenters. The molecule has 0 fully saturated rings. The average molecular weight is 295 g/mol. The molecular weight excluding hydrogens is 278 g/mol. The Morgan fingerprint density at radius 3 is 2.05 bits per heavy atom. The molecule has 0 saturated carbocycles. The van der Waals surface area contributed by atoms with Crippen molar-refractivity contribution in [3.05, 3.63) is 72.6 Å². The zero-order valence-electron chi connectivity index (χ0n) is 12.0. The molecule has 4 N–H and O–H groups in total. The van der Waals surface area contributed by atoms with E-state index in [2.05, 4.69) is 0 Å². The van der Waals surface area contributed by atoms with E-state index in [9.17, 15) is 0 Å². The van der Waals surface area contributed by atoms with E-state index < -0.39 is 0 Å². The molecular formula is C17H17N3O2. The average Bonchev–Trinajstić information content (AvgIpc) is 2.52. The van der Waals surface area contributed by atoms with E-state index in [1.54, 1.807) is 35.5 Å². The normalized spacial score (nSPS) is 13.6. The molecule has 1 aliphatic heterocycles. The maximum absolute atomic E-state index is 5.77. The third kappa shape index (κ3) is 3.52. The molecule has 22 heavy (non-hydrogen) atoms. The van der Waals surface area contributed by atoms with E-state index in [4.69, 9.17) is 21.0 Å². The van der Waals surface area contributed by atoms with Crippen molar-refractivity contribution >= 4 is 11.4 Å². The van der Waals surface area contributed by atoms with Gasteiger partial charge in [0.1, 0.15) is 11.5 Å². The van der Waals surface area contributed by atoms with Gasteiger partial charge in [-0.1, -0.05) is 6.08 Å². The summed E-state index contributed by atoms with van der Waals surface area (Å²) in [5.74, 6) is 2.12. The fraction of sp³-hybridized carbons (Fsp3) is 0.0588. The van der Waals surface area contributed by atoms with Crippen LogP contribution < -0.4 is 21.0 Å². The maximum Gasteiger partial charge on any atom is 0.155 e. The van der Waals surface area contributed by atoms with E-state index in [0.29, 0.717) is 29.4 Å². The largest absolute Gasteiger partial charge is 0.456 e. The van der Waals surface area contributed by atoms with Crippen LogP contribution in [0.3, 0.4) is 0 Å². The Bertz CT molecular complexity index is 691. The van der Waals surface area contributed by atoms with Crippen molar-refractivity contribution in [1.29, 1.82) is 0 Å². The Labute approximate surface area is 129 Å². The molecule has 1 aliphatic rings. The number of allylic oxidation sites excluding steroid dienone is 1. The lowest BCUT2D eigenvalue weighted by atomic mass is 10.3. The number of nitrogens with zero attached hydrogens (tertiary/aromatic N) is 1. The van der Waals surface area contributed by atoms with Crippen LogP contribution >= 0.6 is 0 Å². The lowest BCUT2D eigenvalue weighted by Crippen LogP contribution is -2.25. The van der Waals surface area contributed by atoms with Gasteiger partial charge in [-0.25, -0.2) is 5.06 Å². The number of rotatable bonds is 4. The van der Waals surface area contributed by atoms with Crippen LogP contribution in [-0.4, -0.2) is 11.6 Å². The lowest BCUT2D eigenvalue weighted by molar-refractivity contribution is 0.0000518. The first-order valence-electron chi connectivity index (χ1n) is 6.91. The van der Waals surface area contributed by atoms with E-state index >= 15 is 0 Å². The molecule has 5 nitrogen and oxygen atoms in total.